The second kappa shape index (κ2) is 9.74. The van der Waals surface area contributed by atoms with Crippen LogP contribution in [0.2, 0.25) is 0 Å². The summed E-state index contributed by atoms with van der Waals surface area (Å²) in [6.07, 6.45) is 6.18. The Morgan fingerprint density at radius 3 is 2.18 bits per heavy atom. The summed E-state index contributed by atoms with van der Waals surface area (Å²) in [4.78, 5) is 26.8. The van der Waals surface area contributed by atoms with Crippen molar-refractivity contribution < 1.29 is 18.0 Å². The number of fused-ring (bicyclic) bond motifs is 2. The van der Waals surface area contributed by atoms with E-state index < -0.39 is 10.0 Å². The van der Waals surface area contributed by atoms with E-state index in [2.05, 4.69) is 10.0 Å². The molecule has 3 fully saturated rings. The third-order valence-electron chi connectivity index (χ3n) is 7.88. The molecule has 4 rings (SSSR count). The molecule has 1 heterocycles. The molecule has 2 bridgehead atoms. The van der Waals surface area contributed by atoms with Gasteiger partial charge in [0.15, 0.2) is 0 Å². The zero-order chi connectivity index (χ0) is 23.8. The zero-order valence-corrected chi connectivity index (χ0v) is 20.7. The maximum Gasteiger partial charge on any atom is 0.240 e. The van der Waals surface area contributed by atoms with Crippen molar-refractivity contribution in [1.29, 1.82) is 0 Å². The van der Waals surface area contributed by atoms with Crippen LogP contribution in [0.4, 0.5) is 5.69 Å². The number of nitrogens with one attached hydrogen (secondary N) is 2. The summed E-state index contributed by atoms with van der Waals surface area (Å²) in [6, 6.07) is 6.32. The Bertz CT molecular complexity index is 968. The Hall–Kier alpha value is -1.93. The van der Waals surface area contributed by atoms with Crippen molar-refractivity contribution >= 4 is 27.5 Å². The molecule has 0 spiro atoms. The molecule has 1 aromatic rings. The Labute approximate surface area is 197 Å². The van der Waals surface area contributed by atoms with Crippen LogP contribution in [0.3, 0.4) is 0 Å². The molecule has 4 unspecified atom stereocenters. The number of carbonyl (C=O) groups is 2. The average molecular weight is 476 g/mol. The van der Waals surface area contributed by atoms with E-state index in [1.165, 1.54) is 19.3 Å². The molecule has 33 heavy (non-hydrogen) atoms. The van der Waals surface area contributed by atoms with Crippen LogP contribution in [0.5, 0.6) is 0 Å². The Balaban J connectivity index is 1.30. The molecule has 2 aliphatic carbocycles. The quantitative estimate of drug-likeness (QED) is 0.630. The van der Waals surface area contributed by atoms with E-state index in [0.29, 0.717) is 43.5 Å². The Kier molecular flexibility index (Phi) is 7.15. The predicted molar refractivity (Wildman–Crippen MR) is 128 cm³/mol. The summed E-state index contributed by atoms with van der Waals surface area (Å²) in [5.74, 6) is 1.74. The second-order valence-electron chi connectivity index (χ2n) is 10.5. The zero-order valence-electron chi connectivity index (χ0n) is 19.9. The van der Waals surface area contributed by atoms with Crippen molar-refractivity contribution in [3.05, 3.63) is 24.3 Å². The predicted octanol–water partition coefficient (Wildman–Crippen LogP) is 3.62. The van der Waals surface area contributed by atoms with Crippen molar-refractivity contribution in [3.63, 3.8) is 0 Å². The molecule has 7 nitrogen and oxygen atoms in total. The largest absolute Gasteiger partial charge is 0.342 e. The molecule has 2 amide bonds. The number of benzene rings is 1. The highest BCUT2D eigenvalue weighted by Gasteiger charge is 2.42. The highest BCUT2D eigenvalue weighted by atomic mass is 32.2. The molecule has 1 aliphatic heterocycles. The van der Waals surface area contributed by atoms with Crippen LogP contribution < -0.4 is 10.0 Å². The number of anilines is 1. The van der Waals surface area contributed by atoms with E-state index in [0.717, 1.165) is 12.3 Å². The fourth-order valence-corrected chi connectivity index (χ4v) is 7.29. The van der Waals surface area contributed by atoms with Gasteiger partial charge in [0, 0.05) is 36.7 Å². The summed E-state index contributed by atoms with van der Waals surface area (Å²) in [5.41, 5.74) is 0.584. The number of sulfonamides is 1. The highest BCUT2D eigenvalue weighted by molar-refractivity contribution is 7.89. The minimum Gasteiger partial charge on any atom is -0.342 e. The number of carbonyl (C=O) groups excluding carboxylic acids is 2. The number of nitrogens with zero attached hydrogens (tertiary/aromatic N) is 1. The monoisotopic (exact) mass is 475 g/mol. The third-order valence-corrected chi connectivity index (χ3v) is 9.45. The lowest BCUT2D eigenvalue weighted by atomic mass is 9.84. The van der Waals surface area contributed by atoms with Crippen LogP contribution in [0, 0.1) is 29.6 Å². The Morgan fingerprint density at radius 1 is 0.970 bits per heavy atom. The molecule has 4 atom stereocenters. The summed E-state index contributed by atoms with van der Waals surface area (Å²) >= 11 is 0. The first-order chi connectivity index (χ1) is 15.6. The van der Waals surface area contributed by atoms with Gasteiger partial charge in [0.05, 0.1) is 4.90 Å². The highest BCUT2D eigenvalue weighted by Crippen LogP contribution is 2.49. The first-order valence-electron chi connectivity index (χ1n) is 12.4. The molecule has 1 aromatic carbocycles. The molecule has 0 aromatic heterocycles. The van der Waals surface area contributed by atoms with Crippen LogP contribution in [-0.2, 0) is 19.6 Å². The van der Waals surface area contributed by atoms with Crippen LogP contribution in [0.1, 0.15) is 59.3 Å². The van der Waals surface area contributed by atoms with Crippen molar-refractivity contribution in [2.24, 2.45) is 29.6 Å². The van der Waals surface area contributed by atoms with Gasteiger partial charge in [0.25, 0.3) is 0 Å². The summed E-state index contributed by atoms with van der Waals surface area (Å²) in [5, 5.41) is 2.90. The van der Waals surface area contributed by atoms with Crippen LogP contribution in [0.15, 0.2) is 29.2 Å². The molecule has 2 saturated carbocycles. The number of hydrogen-bond acceptors (Lipinski definition) is 4. The van der Waals surface area contributed by atoms with E-state index in [1.807, 2.05) is 25.7 Å². The van der Waals surface area contributed by atoms with Gasteiger partial charge in [-0.1, -0.05) is 20.3 Å². The van der Waals surface area contributed by atoms with E-state index in [4.69, 9.17) is 0 Å². The van der Waals surface area contributed by atoms with Crippen molar-refractivity contribution in [1.82, 2.24) is 9.62 Å². The molecule has 8 heteroatoms. The fraction of sp³-hybridized carbons (Fsp3) is 0.680. The topological polar surface area (TPSA) is 95.6 Å². The molecule has 3 aliphatic rings. The van der Waals surface area contributed by atoms with Gasteiger partial charge >= 0.3 is 0 Å². The van der Waals surface area contributed by atoms with Crippen molar-refractivity contribution in [3.8, 4) is 0 Å². The normalized spacial score (nSPS) is 26.5. The van der Waals surface area contributed by atoms with Gasteiger partial charge in [-0.25, -0.2) is 13.1 Å². The van der Waals surface area contributed by atoms with Gasteiger partial charge in [-0.2, -0.15) is 0 Å². The summed E-state index contributed by atoms with van der Waals surface area (Å²) < 4.78 is 28.7. The van der Waals surface area contributed by atoms with Crippen molar-refractivity contribution in [2.75, 3.05) is 18.4 Å². The van der Waals surface area contributed by atoms with Crippen molar-refractivity contribution in [2.45, 2.75) is 70.2 Å². The molecular formula is C25H37N3O4S. The SMILES string of the molecule is CC(C)C(=O)N1CCC(C(=O)Nc2ccc(S(=O)(=O)NC(C)C3CC4CCC3C4)cc2)CC1. The number of hydrogen-bond donors (Lipinski definition) is 2. The lowest BCUT2D eigenvalue weighted by Crippen LogP contribution is -2.43. The molecule has 182 valence electrons. The fourth-order valence-electron chi connectivity index (χ4n) is 6.00. The first-order valence-corrected chi connectivity index (χ1v) is 13.8. The van der Waals surface area contributed by atoms with Crippen LogP contribution in [-0.4, -0.2) is 44.3 Å². The maximum absolute atomic E-state index is 12.9. The number of amides is 2. The van der Waals surface area contributed by atoms with Gasteiger partial charge in [0.1, 0.15) is 0 Å². The van der Waals surface area contributed by atoms with Gasteiger partial charge in [-0.05, 0) is 81.0 Å². The van der Waals surface area contributed by atoms with Gasteiger partial charge in [-0.15, -0.1) is 0 Å². The number of piperidine rings is 1. The second-order valence-corrected chi connectivity index (χ2v) is 12.2. The van der Waals surface area contributed by atoms with E-state index in [1.54, 1.807) is 24.3 Å². The Morgan fingerprint density at radius 2 is 1.64 bits per heavy atom. The molecule has 2 N–H and O–H groups in total. The van der Waals surface area contributed by atoms with Crippen LogP contribution in [0.25, 0.3) is 0 Å². The van der Waals surface area contributed by atoms with Gasteiger partial charge in [0.2, 0.25) is 21.8 Å². The number of rotatable bonds is 7. The van der Waals surface area contributed by atoms with Gasteiger partial charge < -0.3 is 10.2 Å². The summed E-state index contributed by atoms with van der Waals surface area (Å²) in [6.45, 7) is 6.95. The van der Waals surface area contributed by atoms with E-state index in [-0.39, 0.29) is 34.6 Å². The minimum absolute atomic E-state index is 0.0315. The third kappa shape index (κ3) is 5.43. The molecule has 0 radical (unpaired) electrons. The van der Waals surface area contributed by atoms with Crippen LogP contribution >= 0.6 is 0 Å². The van der Waals surface area contributed by atoms with Gasteiger partial charge in [-0.3, -0.25) is 9.59 Å². The smallest absolute Gasteiger partial charge is 0.240 e. The number of likely N-dealkylation sites (tertiary alicyclic amines) is 1. The molecular weight excluding hydrogens is 438 g/mol. The van der Waals surface area contributed by atoms with E-state index in [9.17, 15) is 18.0 Å². The minimum atomic E-state index is -3.60. The maximum atomic E-state index is 12.9. The molecule has 1 saturated heterocycles. The average Bonchev–Trinajstić information content (AvgIpc) is 3.42. The lowest BCUT2D eigenvalue weighted by Gasteiger charge is -2.32. The standard InChI is InChI=1S/C25H37N3O4S/c1-16(2)25(30)28-12-10-19(11-13-28)24(29)26-21-6-8-22(9-7-21)33(31,32)27-17(3)23-15-18-4-5-20(23)14-18/h6-9,16-20,23,27H,4-5,10-15H2,1-3H3,(H,26,29). The first kappa shape index (κ1) is 24.2. The van der Waals surface area contributed by atoms with E-state index >= 15 is 0 Å². The lowest BCUT2D eigenvalue weighted by molar-refractivity contribution is -0.137. The summed E-state index contributed by atoms with van der Waals surface area (Å²) in [7, 11) is -3.60.